The molecule has 0 aromatic heterocycles. The molecule has 0 saturated carbocycles. The fourth-order valence-corrected chi connectivity index (χ4v) is 6.40. The molecule has 2 bridgehead atoms. The molecule has 3 aliphatic carbocycles. The summed E-state index contributed by atoms with van der Waals surface area (Å²) in [6.07, 6.45) is 0.965. The van der Waals surface area contributed by atoms with Gasteiger partial charge in [0.05, 0.1) is 5.92 Å². The Labute approximate surface area is 247 Å². The number of carbonyl (C=O) groups excluding carboxylic acids is 2. The molecule has 0 radical (unpaired) electrons. The third kappa shape index (κ3) is 4.13. The van der Waals surface area contributed by atoms with Crippen molar-refractivity contribution in [3.8, 4) is 23.0 Å². The van der Waals surface area contributed by atoms with Gasteiger partial charge in [-0.15, -0.1) is 0 Å². The van der Waals surface area contributed by atoms with Crippen LogP contribution in [0.2, 0.25) is 0 Å². The Balaban J connectivity index is 1.29. The molecule has 0 saturated heterocycles. The fourth-order valence-electron chi connectivity index (χ4n) is 6.40. The molecule has 0 spiro atoms. The van der Waals surface area contributed by atoms with E-state index in [1.165, 1.54) is 0 Å². The van der Waals surface area contributed by atoms with E-state index in [9.17, 15) is 19.8 Å². The highest BCUT2D eigenvalue weighted by Crippen LogP contribution is 2.60. The van der Waals surface area contributed by atoms with Crippen LogP contribution < -0.4 is 14.2 Å². The highest BCUT2D eigenvalue weighted by Gasteiger charge is 2.62. The maximum Gasteiger partial charge on any atom is 0.335 e. The van der Waals surface area contributed by atoms with E-state index in [-0.39, 0.29) is 12.2 Å². The van der Waals surface area contributed by atoms with Crippen molar-refractivity contribution in [3.05, 3.63) is 144 Å². The molecule has 7 heteroatoms. The van der Waals surface area contributed by atoms with Crippen LogP contribution in [0, 0.1) is 5.92 Å². The van der Waals surface area contributed by atoms with Gasteiger partial charge in [0.25, 0.3) is 0 Å². The first-order valence-corrected chi connectivity index (χ1v) is 13.8. The van der Waals surface area contributed by atoms with Crippen LogP contribution in [0.15, 0.2) is 122 Å². The zero-order valence-electron chi connectivity index (χ0n) is 22.9. The second-order valence-electron chi connectivity index (χ2n) is 10.7. The summed E-state index contributed by atoms with van der Waals surface area (Å²) >= 11 is 0. The summed E-state index contributed by atoms with van der Waals surface area (Å²) in [6, 6.07) is 31.6. The van der Waals surface area contributed by atoms with Gasteiger partial charge in [0.1, 0.15) is 34.2 Å². The van der Waals surface area contributed by atoms with Gasteiger partial charge in [-0.2, -0.15) is 0 Å². The Kier molecular flexibility index (Phi) is 6.16. The third-order valence-corrected chi connectivity index (χ3v) is 8.33. The predicted molar refractivity (Wildman–Crippen MR) is 159 cm³/mol. The Morgan fingerprint density at radius 1 is 0.698 bits per heavy atom. The van der Waals surface area contributed by atoms with Crippen molar-refractivity contribution in [1.82, 2.24) is 0 Å². The summed E-state index contributed by atoms with van der Waals surface area (Å²) < 4.78 is 17.4. The molecule has 3 atom stereocenters. The van der Waals surface area contributed by atoms with Crippen LogP contribution in [0.25, 0.3) is 10.8 Å². The van der Waals surface area contributed by atoms with Crippen LogP contribution in [0.5, 0.6) is 23.0 Å². The molecule has 212 valence electrons. The Morgan fingerprint density at radius 2 is 1.30 bits per heavy atom. The topological polar surface area (TPSA) is 102 Å². The second-order valence-corrected chi connectivity index (χ2v) is 10.7. The highest BCUT2D eigenvalue weighted by atomic mass is 16.5. The van der Waals surface area contributed by atoms with Crippen molar-refractivity contribution < 1.29 is 34.0 Å². The first-order chi connectivity index (χ1) is 20.8. The summed E-state index contributed by atoms with van der Waals surface area (Å²) in [4.78, 5) is 25.8. The average Bonchev–Trinajstić information content (AvgIpc) is 3.04. The van der Waals surface area contributed by atoms with E-state index in [2.05, 4.69) is 6.58 Å². The van der Waals surface area contributed by atoms with Gasteiger partial charge in [0.15, 0.2) is 0 Å². The van der Waals surface area contributed by atoms with Gasteiger partial charge in [-0.3, -0.25) is 4.79 Å². The van der Waals surface area contributed by atoms with Gasteiger partial charge >= 0.3 is 11.9 Å². The number of hydrogen-bond acceptors (Lipinski definition) is 7. The molecule has 7 nitrogen and oxygen atoms in total. The van der Waals surface area contributed by atoms with Crippen LogP contribution in [0.4, 0.5) is 0 Å². The maximum absolute atomic E-state index is 14.0. The van der Waals surface area contributed by atoms with E-state index >= 15 is 0 Å². The van der Waals surface area contributed by atoms with Gasteiger partial charge in [-0.1, -0.05) is 79.4 Å². The number of rotatable bonds is 6. The molecule has 5 aromatic carbocycles. The minimum absolute atomic E-state index is 0.103. The molecule has 0 fully saturated rings. The molecule has 43 heavy (non-hydrogen) atoms. The van der Waals surface area contributed by atoms with Gasteiger partial charge in [0.2, 0.25) is 0 Å². The van der Waals surface area contributed by atoms with Crippen molar-refractivity contribution in [2.24, 2.45) is 5.92 Å². The van der Waals surface area contributed by atoms with Crippen molar-refractivity contribution in [2.45, 2.75) is 17.6 Å². The first-order valence-electron chi connectivity index (χ1n) is 13.8. The molecule has 0 amide bonds. The van der Waals surface area contributed by atoms with E-state index in [0.29, 0.717) is 50.3 Å². The van der Waals surface area contributed by atoms with Crippen molar-refractivity contribution in [3.63, 3.8) is 0 Å². The first kappa shape index (κ1) is 26.6. The largest absolute Gasteiger partial charge is 0.457 e. The SMILES string of the molecule is C=CC(=O)Oc1ccc(OC(=O)C2CC3(O)c4ccccc4C2(O)c2ccc(Oc4ccccc4)cc23)c2ccccc12. The predicted octanol–water partition coefficient (Wildman–Crippen LogP) is 6.13. The minimum Gasteiger partial charge on any atom is -0.457 e. The molecule has 0 aliphatic heterocycles. The van der Waals surface area contributed by atoms with E-state index in [1.807, 2.05) is 30.3 Å². The van der Waals surface area contributed by atoms with E-state index in [0.717, 1.165) is 6.08 Å². The van der Waals surface area contributed by atoms with E-state index < -0.39 is 29.1 Å². The van der Waals surface area contributed by atoms with E-state index in [1.54, 1.807) is 78.9 Å². The maximum atomic E-state index is 14.0. The molecule has 5 aromatic rings. The number of aliphatic hydroxyl groups is 2. The number of ether oxygens (including phenoxy) is 3. The highest BCUT2D eigenvalue weighted by molar-refractivity contribution is 5.97. The van der Waals surface area contributed by atoms with Crippen LogP contribution >= 0.6 is 0 Å². The molecule has 8 rings (SSSR count). The fraction of sp³-hybridized carbons (Fsp3) is 0.111. The number of para-hydroxylation sites is 1. The summed E-state index contributed by atoms with van der Waals surface area (Å²) in [7, 11) is 0. The normalized spacial score (nSPS) is 21.4. The Morgan fingerprint density at radius 3 is 2.00 bits per heavy atom. The smallest absolute Gasteiger partial charge is 0.335 e. The molecular weight excluding hydrogens is 544 g/mol. The van der Waals surface area contributed by atoms with E-state index in [4.69, 9.17) is 14.2 Å². The van der Waals surface area contributed by atoms with Crippen molar-refractivity contribution in [1.29, 1.82) is 0 Å². The Hall–Kier alpha value is -5.24. The van der Waals surface area contributed by atoms with Crippen molar-refractivity contribution in [2.75, 3.05) is 0 Å². The number of carbonyl (C=O) groups is 2. The lowest BCUT2D eigenvalue weighted by molar-refractivity contribution is -0.157. The van der Waals surface area contributed by atoms with Crippen LogP contribution in [0.1, 0.15) is 28.7 Å². The van der Waals surface area contributed by atoms with Gasteiger partial charge < -0.3 is 24.4 Å². The second kappa shape index (κ2) is 9.94. The summed E-state index contributed by atoms with van der Waals surface area (Å²) in [5.74, 6) is -0.788. The zero-order chi connectivity index (χ0) is 29.8. The summed E-state index contributed by atoms with van der Waals surface area (Å²) in [5, 5.41) is 25.9. The van der Waals surface area contributed by atoms with Gasteiger partial charge in [-0.25, -0.2) is 4.79 Å². The standard InChI is InChI=1S/C36H26O7/c1-2-33(37)42-31-18-19-32(25-13-7-6-12-24(25)31)43-34(38)30-21-35(39)26-14-8-9-15-27(26)36(30,40)28-17-16-23(20-29(28)35)41-22-10-4-3-5-11-22/h2-20,30,39-40H,1,21H2. The van der Waals surface area contributed by atoms with Gasteiger partial charge in [0, 0.05) is 23.3 Å². The number of hydrogen-bond donors (Lipinski definition) is 2. The summed E-state index contributed by atoms with van der Waals surface area (Å²) in [6.45, 7) is 3.44. The number of esters is 2. The molecule has 3 unspecified atom stereocenters. The molecule has 2 N–H and O–H groups in total. The average molecular weight is 571 g/mol. The van der Waals surface area contributed by atoms with Crippen molar-refractivity contribution >= 4 is 22.7 Å². The lowest BCUT2D eigenvalue weighted by Crippen LogP contribution is -2.57. The number of benzene rings is 5. The Bertz CT molecular complexity index is 1930. The van der Waals surface area contributed by atoms with Crippen LogP contribution in [-0.2, 0) is 20.8 Å². The quantitative estimate of drug-likeness (QED) is 0.144. The summed E-state index contributed by atoms with van der Waals surface area (Å²) in [5.41, 5.74) is -1.48. The third-order valence-electron chi connectivity index (χ3n) is 8.33. The minimum atomic E-state index is -1.77. The number of fused-ring (bicyclic) bond motifs is 2. The lowest BCUT2D eigenvalue weighted by Gasteiger charge is -2.53. The van der Waals surface area contributed by atoms with Crippen LogP contribution in [0.3, 0.4) is 0 Å². The van der Waals surface area contributed by atoms with Crippen LogP contribution in [-0.4, -0.2) is 22.2 Å². The zero-order valence-corrected chi connectivity index (χ0v) is 22.9. The molecule has 3 aliphatic rings. The van der Waals surface area contributed by atoms with Gasteiger partial charge in [-0.05, 0) is 58.7 Å². The molecule has 0 heterocycles. The monoisotopic (exact) mass is 570 g/mol. The molecular formula is C36H26O7. The lowest BCUT2D eigenvalue weighted by atomic mass is 9.54.